The number of nitrogens with zero attached hydrogens (tertiary/aromatic N) is 2. The molecule has 1 atom stereocenters. The van der Waals surface area contributed by atoms with Crippen molar-refractivity contribution in [3.8, 4) is 11.5 Å². The number of carbonyl (C=O) groups excluding carboxylic acids is 2. The van der Waals surface area contributed by atoms with Gasteiger partial charge in [0.15, 0.2) is 0 Å². The number of benzene rings is 2. The van der Waals surface area contributed by atoms with E-state index in [9.17, 15) is 14.7 Å². The van der Waals surface area contributed by atoms with Crippen LogP contribution in [0.3, 0.4) is 0 Å². The quantitative estimate of drug-likeness (QED) is 0.277. The highest BCUT2D eigenvalue weighted by molar-refractivity contribution is 6.51. The zero-order valence-electron chi connectivity index (χ0n) is 18.3. The molecule has 0 spiro atoms. The van der Waals surface area contributed by atoms with Crippen molar-refractivity contribution in [3.63, 3.8) is 0 Å². The minimum Gasteiger partial charge on any atom is -0.507 e. The number of aromatic nitrogens is 1. The van der Waals surface area contributed by atoms with Gasteiger partial charge in [0.1, 0.15) is 17.3 Å². The number of aliphatic hydroxyl groups excluding tert-OH is 1. The van der Waals surface area contributed by atoms with E-state index in [0.717, 1.165) is 0 Å². The number of halogens is 2. The third-order valence-electron chi connectivity index (χ3n) is 5.36. The van der Waals surface area contributed by atoms with E-state index in [0.29, 0.717) is 23.6 Å². The second-order valence-electron chi connectivity index (χ2n) is 7.34. The van der Waals surface area contributed by atoms with E-state index in [2.05, 4.69) is 4.98 Å². The first-order valence-electron chi connectivity index (χ1n) is 10.3. The molecule has 3 aromatic rings. The lowest BCUT2D eigenvalue weighted by atomic mass is 9.95. The van der Waals surface area contributed by atoms with Gasteiger partial charge in [-0.05, 0) is 61.0 Å². The maximum absolute atomic E-state index is 13.3. The van der Waals surface area contributed by atoms with Gasteiger partial charge in [-0.2, -0.15) is 0 Å². The molecule has 7 nitrogen and oxygen atoms in total. The standard InChI is InChI=1S/C25H20Cl2N2O5/c1-3-34-17-6-4-16(5-7-17)29-21(14-8-10-28-11-9-14)20(23(31)25(29)32)22(30)18-12-15(26)13-19(27)24(18)33-2/h4-13,21,30H,3H2,1-2H3/b22-20+. The average molecular weight is 499 g/mol. The molecular weight excluding hydrogens is 479 g/mol. The minimum atomic E-state index is -0.927. The molecule has 174 valence electrons. The zero-order chi connectivity index (χ0) is 24.4. The fourth-order valence-electron chi connectivity index (χ4n) is 3.92. The number of ether oxygens (including phenoxy) is 2. The first kappa shape index (κ1) is 23.6. The number of hydrogen-bond acceptors (Lipinski definition) is 6. The summed E-state index contributed by atoms with van der Waals surface area (Å²) in [6.45, 7) is 2.36. The van der Waals surface area contributed by atoms with Crippen molar-refractivity contribution >= 4 is 46.3 Å². The molecule has 0 radical (unpaired) electrons. The molecule has 1 saturated heterocycles. The van der Waals surface area contributed by atoms with Crippen LogP contribution in [0.25, 0.3) is 5.76 Å². The fourth-order valence-corrected chi connectivity index (χ4v) is 4.49. The van der Waals surface area contributed by atoms with E-state index in [1.807, 2.05) is 6.92 Å². The Morgan fingerprint density at radius 3 is 2.38 bits per heavy atom. The second kappa shape index (κ2) is 9.75. The van der Waals surface area contributed by atoms with Crippen molar-refractivity contribution in [2.45, 2.75) is 13.0 Å². The fraction of sp³-hybridized carbons (Fsp3) is 0.160. The number of pyridine rings is 1. The van der Waals surface area contributed by atoms with Crippen molar-refractivity contribution in [2.24, 2.45) is 0 Å². The van der Waals surface area contributed by atoms with Gasteiger partial charge < -0.3 is 14.6 Å². The summed E-state index contributed by atoms with van der Waals surface area (Å²) in [5.74, 6) is -1.34. The van der Waals surface area contributed by atoms with E-state index >= 15 is 0 Å². The topological polar surface area (TPSA) is 89.0 Å². The van der Waals surface area contributed by atoms with Crippen LogP contribution in [-0.4, -0.2) is 35.5 Å². The number of ketones is 1. The highest BCUT2D eigenvalue weighted by Crippen LogP contribution is 2.45. The molecule has 1 aromatic heterocycles. The van der Waals surface area contributed by atoms with Crippen molar-refractivity contribution in [3.05, 3.63) is 87.7 Å². The molecule has 2 heterocycles. The molecule has 0 bridgehead atoms. The van der Waals surface area contributed by atoms with Crippen molar-refractivity contribution < 1.29 is 24.2 Å². The van der Waals surface area contributed by atoms with Crippen molar-refractivity contribution in [2.75, 3.05) is 18.6 Å². The van der Waals surface area contributed by atoms with Crippen LogP contribution in [0.2, 0.25) is 10.0 Å². The van der Waals surface area contributed by atoms with Crippen LogP contribution in [0.15, 0.2) is 66.5 Å². The number of Topliss-reactive ketones (excluding diaryl/α,β-unsaturated/α-hetero) is 1. The predicted molar refractivity (Wildman–Crippen MR) is 130 cm³/mol. The SMILES string of the molecule is CCOc1ccc(N2C(=O)C(=O)/C(=C(/O)c3cc(Cl)cc(Cl)c3OC)C2c2ccncc2)cc1. The Morgan fingerprint density at radius 2 is 1.76 bits per heavy atom. The number of methoxy groups -OCH3 is 1. The van der Waals surface area contributed by atoms with Gasteiger partial charge in [-0.3, -0.25) is 19.5 Å². The van der Waals surface area contributed by atoms with Crippen molar-refractivity contribution in [1.29, 1.82) is 0 Å². The number of carbonyl (C=O) groups is 2. The summed E-state index contributed by atoms with van der Waals surface area (Å²) in [6.07, 6.45) is 3.09. The Labute approximate surface area is 206 Å². The predicted octanol–water partition coefficient (Wildman–Crippen LogP) is 5.42. The minimum absolute atomic E-state index is 0.101. The Balaban J connectivity index is 1.94. The summed E-state index contributed by atoms with van der Waals surface area (Å²) in [5, 5.41) is 11.7. The maximum atomic E-state index is 13.3. The molecule has 34 heavy (non-hydrogen) atoms. The highest BCUT2D eigenvalue weighted by atomic mass is 35.5. The van der Waals surface area contributed by atoms with E-state index in [4.69, 9.17) is 32.7 Å². The lowest BCUT2D eigenvalue weighted by Crippen LogP contribution is -2.29. The molecule has 1 aliphatic heterocycles. The zero-order valence-corrected chi connectivity index (χ0v) is 19.8. The first-order chi connectivity index (χ1) is 16.4. The van der Waals surface area contributed by atoms with Gasteiger partial charge in [0.05, 0.1) is 35.9 Å². The van der Waals surface area contributed by atoms with E-state index in [-0.39, 0.29) is 26.9 Å². The van der Waals surface area contributed by atoms with E-state index in [1.54, 1.807) is 48.8 Å². The highest BCUT2D eigenvalue weighted by Gasteiger charge is 2.47. The van der Waals surface area contributed by atoms with Gasteiger partial charge in [0.25, 0.3) is 11.7 Å². The van der Waals surface area contributed by atoms with Crippen molar-refractivity contribution in [1.82, 2.24) is 4.98 Å². The number of rotatable bonds is 6. The maximum Gasteiger partial charge on any atom is 0.300 e. The van der Waals surface area contributed by atoms with Crippen LogP contribution >= 0.6 is 23.2 Å². The molecule has 1 amide bonds. The van der Waals surface area contributed by atoms with Crippen LogP contribution in [0.4, 0.5) is 5.69 Å². The Bertz CT molecular complexity index is 1280. The lowest BCUT2D eigenvalue weighted by Gasteiger charge is -2.25. The van der Waals surface area contributed by atoms with Gasteiger partial charge >= 0.3 is 0 Å². The summed E-state index contributed by atoms with van der Waals surface area (Å²) >= 11 is 12.4. The number of anilines is 1. The van der Waals surface area contributed by atoms with Crippen LogP contribution in [0.5, 0.6) is 11.5 Å². The number of hydrogen-bond donors (Lipinski definition) is 1. The van der Waals surface area contributed by atoms with Gasteiger partial charge in [-0.1, -0.05) is 23.2 Å². The molecule has 9 heteroatoms. The Kier molecular flexibility index (Phi) is 6.77. The summed E-state index contributed by atoms with van der Waals surface area (Å²) < 4.78 is 10.8. The average Bonchev–Trinajstić information content (AvgIpc) is 3.10. The van der Waals surface area contributed by atoms with Gasteiger partial charge in [0, 0.05) is 23.1 Å². The first-order valence-corrected chi connectivity index (χ1v) is 11.1. The molecular formula is C25H20Cl2N2O5. The summed E-state index contributed by atoms with van der Waals surface area (Å²) in [6, 6.07) is 12.1. The second-order valence-corrected chi connectivity index (χ2v) is 8.19. The van der Waals surface area contributed by atoms with Crippen LogP contribution in [0, 0.1) is 0 Å². The lowest BCUT2D eigenvalue weighted by molar-refractivity contribution is -0.132. The molecule has 1 unspecified atom stereocenters. The van der Waals surface area contributed by atoms with E-state index in [1.165, 1.54) is 24.1 Å². The third-order valence-corrected chi connectivity index (χ3v) is 5.86. The third kappa shape index (κ3) is 4.20. The van der Waals surface area contributed by atoms with Crippen LogP contribution in [0.1, 0.15) is 24.1 Å². The van der Waals surface area contributed by atoms with Gasteiger partial charge in [-0.25, -0.2) is 0 Å². The molecule has 1 fully saturated rings. The molecule has 1 N–H and O–H groups in total. The smallest absolute Gasteiger partial charge is 0.300 e. The van der Waals surface area contributed by atoms with Crippen LogP contribution < -0.4 is 14.4 Å². The molecule has 4 rings (SSSR count). The Hall–Kier alpha value is -3.55. The largest absolute Gasteiger partial charge is 0.507 e. The molecule has 1 aliphatic rings. The van der Waals surface area contributed by atoms with Gasteiger partial charge in [0.2, 0.25) is 0 Å². The number of aliphatic hydroxyl groups is 1. The summed E-state index contributed by atoms with van der Waals surface area (Å²) in [7, 11) is 1.38. The molecule has 0 saturated carbocycles. The van der Waals surface area contributed by atoms with E-state index < -0.39 is 23.5 Å². The summed E-state index contributed by atoms with van der Waals surface area (Å²) in [5.41, 5.74) is 1.02. The molecule has 0 aliphatic carbocycles. The monoisotopic (exact) mass is 498 g/mol. The normalized spacial score (nSPS) is 17.2. The Morgan fingerprint density at radius 1 is 1.09 bits per heavy atom. The van der Waals surface area contributed by atoms with Gasteiger partial charge in [-0.15, -0.1) is 0 Å². The van der Waals surface area contributed by atoms with Crippen LogP contribution in [-0.2, 0) is 9.59 Å². The summed E-state index contributed by atoms with van der Waals surface area (Å²) in [4.78, 5) is 31.9. The number of amides is 1. The molecule has 2 aromatic carbocycles.